The largest absolute Gasteiger partial charge is 0.317 e. The molecule has 0 radical (unpaired) electrons. The summed E-state index contributed by atoms with van der Waals surface area (Å²) in [4.78, 5) is 2.71. The van der Waals surface area contributed by atoms with Crippen molar-refractivity contribution in [3.63, 3.8) is 0 Å². The zero-order chi connectivity index (χ0) is 9.10. The van der Waals surface area contributed by atoms with Gasteiger partial charge in [0.25, 0.3) is 0 Å². The molecule has 1 aliphatic heterocycles. The predicted molar refractivity (Wildman–Crippen MR) is 70.4 cm³/mol. The molecule has 0 aromatic heterocycles. The van der Waals surface area contributed by atoms with Crippen LogP contribution in [0.4, 0.5) is 0 Å². The summed E-state index contributed by atoms with van der Waals surface area (Å²) in [6.07, 6.45) is 8.49. The maximum Gasteiger partial charge on any atom is 0.00964 e. The molecule has 1 heterocycles. The zero-order valence-electron chi connectivity index (χ0n) is 9.58. The Morgan fingerprint density at radius 3 is 1.93 bits per heavy atom. The van der Waals surface area contributed by atoms with E-state index in [0.717, 1.165) is 12.1 Å². The number of likely N-dealkylation sites (tertiary alicyclic amines) is 1. The Balaban J connectivity index is 0.000000980. The standard InChI is InChI=1S/C11H22N2.2ClH/c1-12-10-4-6-11(7-5-10)13-8-2-3-9-13;;/h10-12H,2-9H2,1H3;2*1H. The van der Waals surface area contributed by atoms with E-state index in [-0.39, 0.29) is 24.8 Å². The van der Waals surface area contributed by atoms with Crippen LogP contribution in [0.5, 0.6) is 0 Å². The van der Waals surface area contributed by atoms with E-state index in [1.807, 2.05) is 0 Å². The van der Waals surface area contributed by atoms with E-state index in [1.54, 1.807) is 0 Å². The molecule has 15 heavy (non-hydrogen) atoms. The van der Waals surface area contributed by atoms with Crippen molar-refractivity contribution >= 4 is 24.8 Å². The normalized spacial score (nSPS) is 31.8. The Morgan fingerprint density at radius 2 is 1.47 bits per heavy atom. The second-order valence-electron chi connectivity index (χ2n) is 4.54. The van der Waals surface area contributed by atoms with Gasteiger partial charge < -0.3 is 10.2 Å². The van der Waals surface area contributed by atoms with Gasteiger partial charge in [0, 0.05) is 12.1 Å². The van der Waals surface area contributed by atoms with Crippen molar-refractivity contribution in [1.29, 1.82) is 0 Å². The van der Waals surface area contributed by atoms with E-state index in [4.69, 9.17) is 0 Å². The summed E-state index contributed by atoms with van der Waals surface area (Å²) < 4.78 is 0. The highest BCUT2D eigenvalue weighted by Gasteiger charge is 2.26. The number of nitrogens with zero attached hydrogens (tertiary/aromatic N) is 1. The van der Waals surface area contributed by atoms with E-state index >= 15 is 0 Å². The van der Waals surface area contributed by atoms with Crippen LogP contribution in [-0.2, 0) is 0 Å². The van der Waals surface area contributed by atoms with Crippen LogP contribution >= 0.6 is 24.8 Å². The number of hydrogen-bond donors (Lipinski definition) is 1. The van der Waals surface area contributed by atoms with Gasteiger partial charge in [0.05, 0.1) is 0 Å². The quantitative estimate of drug-likeness (QED) is 0.815. The smallest absolute Gasteiger partial charge is 0.00964 e. The number of halogens is 2. The molecular weight excluding hydrogens is 231 g/mol. The van der Waals surface area contributed by atoms with Crippen LogP contribution in [0.3, 0.4) is 0 Å². The van der Waals surface area contributed by atoms with Crippen molar-refractivity contribution < 1.29 is 0 Å². The Hall–Kier alpha value is 0.500. The van der Waals surface area contributed by atoms with Crippen LogP contribution in [0.1, 0.15) is 38.5 Å². The van der Waals surface area contributed by atoms with E-state index in [0.29, 0.717) is 0 Å². The molecule has 1 saturated heterocycles. The fourth-order valence-corrected chi connectivity index (χ4v) is 2.84. The van der Waals surface area contributed by atoms with Crippen molar-refractivity contribution in [2.75, 3.05) is 20.1 Å². The van der Waals surface area contributed by atoms with Gasteiger partial charge in [-0.2, -0.15) is 0 Å². The third kappa shape index (κ3) is 4.10. The number of nitrogens with one attached hydrogen (secondary N) is 1. The minimum absolute atomic E-state index is 0. The summed E-state index contributed by atoms with van der Waals surface area (Å²) in [6, 6.07) is 1.73. The lowest BCUT2D eigenvalue weighted by Crippen LogP contribution is -2.40. The highest BCUT2D eigenvalue weighted by atomic mass is 35.5. The van der Waals surface area contributed by atoms with Crippen LogP contribution in [0.25, 0.3) is 0 Å². The van der Waals surface area contributed by atoms with Gasteiger partial charge in [-0.25, -0.2) is 0 Å². The molecule has 2 fully saturated rings. The van der Waals surface area contributed by atoms with Gasteiger partial charge in [0.2, 0.25) is 0 Å². The van der Waals surface area contributed by atoms with Gasteiger partial charge in [0.15, 0.2) is 0 Å². The molecule has 1 saturated carbocycles. The molecule has 0 unspecified atom stereocenters. The van der Waals surface area contributed by atoms with Gasteiger partial charge in [-0.15, -0.1) is 24.8 Å². The summed E-state index contributed by atoms with van der Waals surface area (Å²) in [5, 5.41) is 3.40. The van der Waals surface area contributed by atoms with Crippen molar-refractivity contribution in [2.45, 2.75) is 50.6 Å². The molecule has 2 rings (SSSR count). The SMILES string of the molecule is CNC1CCC(N2CCCC2)CC1.Cl.Cl. The molecule has 0 amide bonds. The van der Waals surface area contributed by atoms with E-state index in [2.05, 4.69) is 17.3 Å². The first-order valence-corrected chi connectivity index (χ1v) is 5.81. The first kappa shape index (κ1) is 15.5. The molecule has 0 aromatic rings. The lowest BCUT2D eigenvalue weighted by Gasteiger charge is -2.34. The Bertz CT molecular complexity index is 153. The van der Waals surface area contributed by atoms with E-state index in [9.17, 15) is 0 Å². The summed E-state index contributed by atoms with van der Waals surface area (Å²) in [5.41, 5.74) is 0. The molecule has 0 atom stereocenters. The molecule has 2 nitrogen and oxygen atoms in total. The summed E-state index contributed by atoms with van der Waals surface area (Å²) in [7, 11) is 2.10. The fourth-order valence-electron chi connectivity index (χ4n) is 2.84. The van der Waals surface area contributed by atoms with Gasteiger partial charge in [0.1, 0.15) is 0 Å². The van der Waals surface area contributed by atoms with Crippen molar-refractivity contribution in [2.24, 2.45) is 0 Å². The van der Waals surface area contributed by atoms with Gasteiger partial charge in [-0.3, -0.25) is 0 Å². The van der Waals surface area contributed by atoms with Crippen molar-refractivity contribution in [3.8, 4) is 0 Å². The molecule has 92 valence electrons. The van der Waals surface area contributed by atoms with Gasteiger partial charge in [-0.05, 0) is 58.7 Å². The number of hydrogen-bond acceptors (Lipinski definition) is 2. The monoisotopic (exact) mass is 254 g/mol. The molecule has 4 heteroatoms. The molecule has 1 aliphatic carbocycles. The van der Waals surface area contributed by atoms with Crippen LogP contribution in [0.2, 0.25) is 0 Å². The highest BCUT2D eigenvalue weighted by Crippen LogP contribution is 2.25. The first-order valence-electron chi connectivity index (χ1n) is 5.81. The average Bonchev–Trinajstić information content (AvgIpc) is 2.71. The molecule has 0 aromatic carbocycles. The first-order chi connectivity index (χ1) is 6.40. The minimum Gasteiger partial charge on any atom is -0.317 e. The van der Waals surface area contributed by atoms with Gasteiger partial charge in [-0.1, -0.05) is 0 Å². The Labute approximate surface area is 106 Å². The summed E-state index contributed by atoms with van der Waals surface area (Å²) in [5.74, 6) is 0. The molecule has 0 spiro atoms. The van der Waals surface area contributed by atoms with Crippen LogP contribution in [0, 0.1) is 0 Å². The van der Waals surface area contributed by atoms with E-state index in [1.165, 1.54) is 51.6 Å². The molecule has 0 bridgehead atoms. The van der Waals surface area contributed by atoms with Crippen molar-refractivity contribution in [1.82, 2.24) is 10.2 Å². The fraction of sp³-hybridized carbons (Fsp3) is 1.00. The second kappa shape index (κ2) is 7.72. The molecule has 2 aliphatic rings. The summed E-state index contributed by atoms with van der Waals surface area (Å²) in [6.45, 7) is 2.74. The maximum atomic E-state index is 3.40. The van der Waals surface area contributed by atoms with Gasteiger partial charge >= 0.3 is 0 Å². The number of rotatable bonds is 2. The second-order valence-corrected chi connectivity index (χ2v) is 4.54. The Morgan fingerprint density at radius 1 is 0.933 bits per heavy atom. The highest BCUT2D eigenvalue weighted by molar-refractivity contribution is 5.85. The van der Waals surface area contributed by atoms with Crippen LogP contribution in [0.15, 0.2) is 0 Å². The van der Waals surface area contributed by atoms with Crippen molar-refractivity contribution in [3.05, 3.63) is 0 Å². The van der Waals surface area contributed by atoms with E-state index < -0.39 is 0 Å². The topological polar surface area (TPSA) is 15.3 Å². The third-order valence-electron chi connectivity index (χ3n) is 3.76. The lowest BCUT2D eigenvalue weighted by atomic mass is 9.90. The summed E-state index contributed by atoms with van der Waals surface area (Å²) >= 11 is 0. The van der Waals surface area contributed by atoms with Crippen LogP contribution in [-0.4, -0.2) is 37.1 Å². The minimum atomic E-state index is 0. The van der Waals surface area contributed by atoms with Crippen LogP contribution < -0.4 is 5.32 Å². The average molecular weight is 255 g/mol. The third-order valence-corrected chi connectivity index (χ3v) is 3.76. The Kier molecular flexibility index (Phi) is 7.98. The molecule has 1 N–H and O–H groups in total. The lowest BCUT2D eigenvalue weighted by molar-refractivity contribution is 0.176. The molecular formula is C11H24Cl2N2. The maximum absolute atomic E-state index is 3.40. The predicted octanol–water partition coefficient (Wildman–Crippen LogP) is 2.46. The zero-order valence-corrected chi connectivity index (χ0v) is 11.2.